The van der Waals surface area contributed by atoms with Crippen molar-refractivity contribution in [2.24, 2.45) is 0 Å². The summed E-state index contributed by atoms with van der Waals surface area (Å²) >= 11 is 0. The quantitative estimate of drug-likeness (QED) is 0.738. The molecule has 0 unspecified atom stereocenters. The lowest BCUT2D eigenvalue weighted by molar-refractivity contribution is 0.0939. The Hall–Kier alpha value is -1.42. The Morgan fingerprint density at radius 3 is 3.07 bits per heavy atom. The summed E-state index contributed by atoms with van der Waals surface area (Å²) in [4.78, 5) is 15.8. The first kappa shape index (κ1) is 10.1. The van der Waals surface area contributed by atoms with Crippen LogP contribution in [0.25, 0.3) is 0 Å². The third-order valence-corrected chi connectivity index (χ3v) is 2.57. The molecule has 1 aliphatic rings. The van der Waals surface area contributed by atoms with E-state index in [9.17, 15) is 4.79 Å². The first-order valence-corrected chi connectivity index (χ1v) is 5.20. The van der Waals surface area contributed by atoms with E-state index in [1.54, 1.807) is 12.3 Å². The minimum absolute atomic E-state index is 0.0313. The van der Waals surface area contributed by atoms with Gasteiger partial charge < -0.3 is 10.6 Å². The molecule has 1 amide bonds. The lowest BCUT2D eigenvalue weighted by Gasteiger charge is -2.10. The summed E-state index contributed by atoms with van der Waals surface area (Å²) in [5.74, 6) is -0.0313. The van der Waals surface area contributed by atoms with Crippen molar-refractivity contribution in [1.82, 2.24) is 15.6 Å². The number of carbonyl (C=O) groups is 1. The smallest absolute Gasteiger partial charge is 0.253 e. The SMILES string of the molecule is Cc1ccc(C(=O)N[C@H]2CCNC2)cn1. The summed E-state index contributed by atoms with van der Waals surface area (Å²) in [5.41, 5.74) is 1.56. The van der Waals surface area contributed by atoms with Crippen LogP contribution in [0, 0.1) is 6.92 Å². The average molecular weight is 205 g/mol. The molecule has 4 nitrogen and oxygen atoms in total. The Kier molecular flexibility index (Phi) is 2.97. The van der Waals surface area contributed by atoms with E-state index < -0.39 is 0 Å². The predicted octanol–water partition coefficient (Wildman–Crippen LogP) is 0.482. The molecule has 80 valence electrons. The molecule has 1 aromatic rings. The first-order valence-electron chi connectivity index (χ1n) is 5.20. The van der Waals surface area contributed by atoms with Crippen molar-refractivity contribution in [3.63, 3.8) is 0 Å². The van der Waals surface area contributed by atoms with E-state index in [1.807, 2.05) is 13.0 Å². The van der Waals surface area contributed by atoms with Gasteiger partial charge in [-0.1, -0.05) is 0 Å². The van der Waals surface area contributed by atoms with E-state index in [0.717, 1.165) is 25.2 Å². The zero-order chi connectivity index (χ0) is 10.7. The number of aromatic nitrogens is 1. The van der Waals surface area contributed by atoms with Gasteiger partial charge in [-0.15, -0.1) is 0 Å². The van der Waals surface area contributed by atoms with Crippen LogP contribution >= 0.6 is 0 Å². The van der Waals surface area contributed by atoms with Crippen molar-refractivity contribution in [2.75, 3.05) is 13.1 Å². The van der Waals surface area contributed by atoms with Crippen molar-refractivity contribution in [1.29, 1.82) is 0 Å². The highest BCUT2D eigenvalue weighted by atomic mass is 16.1. The maximum atomic E-state index is 11.7. The molecule has 0 radical (unpaired) electrons. The fourth-order valence-electron chi connectivity index (χ4n) is 1.65. The van der Waals surface area contributed by atoms with Crippen LogP contribution in [0.5, 0.6) is 0 Å². The molecule has 1 saturated heterocycles. The van der Waals surface area contributed by atoms with E-state index >= 15 is 0 Å². The number of carbonyl (C=O) groups excluding carboxylic acids is 1. The summed E-state index contributed by atoms with van der Waals surface area (Å²) in [5, 5.41) is 6.18. The largest absolute Gasteiger partial charge is 0.348 e. The topological polar surface area (TPSA) is 54.0 Å². The molecule has 0 aromatic carbocycles. The van der Waals surface area contributed by atoms with Crippen molar-refractivity contribution in [2.45, 2.75) is 19.4 Å². The number of pyridine rings is 1. The van der Waals surface area contributed by atoms with Gasteiger partial charge in [-0.05, 0) is 32.0 Å². The Labute approximate surface area is 89.1 Å². The molecular formula is C11H15N3O. The molecule has 2 rings (SSSR count). The molecule has 1 fully saturated rings. The Bertz CT molecular complexity index is 341. The average Bonchev–Trinajstić information content (AvgIpc) is 2.71. The highest BCUT2D eigenvalue weighted by molar-refractivity contribution is 5.94. The molecule has 0 aliphatic carbocycles. The number of hydrogen-bond donors (Lipinski definition) is 2. The minimum Gasteiger partial charge on any atom is -0.348 e. The van der Waals surface area contributed by atoms with Crippen molar-refractivity contribution in [3.05, 3.63) is 29.6 Å². The second kappa shape index (κ2) is 4.40. The molecule has 0 saturated carbocycles. The van der Waals surface area contributed by atoms with Crippen LogP contribution in [0.15, 0.2) is 18.3 Å². The highest BCUT2D eigenvalue weighted by Gasteiger charge is 2.17. The van der Waals surface area contributed by atoms with Gasteiger partial charge in [-0.25, -0.2) is 0 Å². The standard InChI is InChI=1S/C11H15N3O/c1-8-2-3-9(6-13-8)11(15)14-10-4-5-12-7-10/h2-3,6,10,12H,4-5,7H2,1H3,(H,14,15)/t10-/m0/s1. The lowest BCUT2D eigenvalue weighted by Crippen LogP contribution is -2.36. The lowest BCUT2D eigenvalue weighted by atomic mass is 10.2. The highest BCUT2D eigenvalue weighted by Crippen LogP contribution is 2.02. The number of hydrogen-bond acceptors (Lipinski definition) is 3. The van der Waals surface area contributed by atoms with Crippen LogP contribution in [0.2, 0.25) is 0 Å². The summed E-state index contributed by atoms with van der Waals surface area (Å²) in [7, 11) is 0. The summed E-state index contributed by atoms with van der Waals surface area (Å²) in [6, 6.07) is 3.92. The second-order valence-electron chi connectivity index (χ2n) is 3.85. The van der Waals surface area contributed by atoms with Gasteiger partial charge in [0.15, 0.2) is 0 Å². The third-order valence-electron chi connectivity index (χ3n) is 2.57. The molecule has 2 N–H and O–H groups in total. The first-order chi connectivity index (χ1) is 7.25. The van der Waals surface area contributed by atoms with Gasteiger partial charge in [0.25, 0.3) is 5.91 Å². The van der Waals surface area contributed by atoms with E-state index in [0.29, 0.717) is 5.56 Å². The van der Waals surface area contributed by atoms with Crippen LogP contribution in [-0.2, 0) is 0 Å². The molecule has 4 heteroatoms. The van der Waals surface area contributed by atoms with Gasteiger partial charge in [-0.2, -0.15) is 0 Å². The maximum Gasteiger partial charge on any atom is 0.253 e. The third kappa shape index (κ3) is 2.53. The van der Waals surface area contributed by atoms with Crippen molar-refractivity contribution < 1.29 is 4.79 Å². The molecule has 0 bridgehead atoms. The zero-order valence-electron chi connectivity index (χ0n) is 8.79. The molecule has 1 aliphatic heterocycles. The van der Waals surface area contributed by atoms with Crippen LogP contribution in [-0.4, -0.2) is 30.0 Å². The van der Waals surface area contributed by atoms with Crippen LogP contribution < -0.4 is 10.6 Å². The van der Waals surface area contributed by atoms with Crippen LogP contribution in [0.3, 0.4) is 0 Å². The number of aryl methyl sites for hydroxylation is 1. The maximum absolute atomic E-state index is 11.7. The zero-order valence-corrected chi connectivity index (χ0v) is 8.79. The van der Waals surface area contributed by atoms with Gasteiger partial charge in [0.1, 0.15) is 0 Å². The number of nitrogens with zero attached hydrogens (tertiary/aromatic N) is 1. The van der Waals surface area contributed by atoms with Crippen LogP contribution in [0.4, 0.5) is 0 Å². The number of amides is 1. The van der Waals surface area contributed by atoms with Gasteiger partial charge in [-0.3, -0.25) is 9.78 Å². The predicted molar refractivity (Wildman–Crippen MR) is 57.7 cm³/mol. The number of rotatable bonds is 2. The van der Waals surface area contributed by atoms with Crippen molar-refractivity contribution in [3.8, 4) is 0 Å². The summed E-state index contributed by atoms with van der Waals surface area (Å²) < 4.78 is 0. The minimum atomic E-state index is -0.0313. The van der Waals surface area contributed by atoms with Gasteiger partial charge in [0.2, 0.25) is 0 Å². The molecular weight excluding hydrogens is 190 g/mol. The normalized spacial score (nSPS) is 20.2. The molecule has 1 atom stereocenters. The van der Waals surface area contributed by atoms with Crippen molar-refractivity contribution >= 4 is 5.91 Å². The van der Waals surface area contributed by atoms with E-state index in [-0.39, 0.29) is 11.9 Å². The van der Waals surface area contributed by atoms with E-state index in [1.165, 1.54) is 0 Å². The Morgan fingerprint density at radius 2 is 2.47 bits per heavy atom. The van der Waals surface area contributed by atoms with Gasteiger partial charge in [0.05, 0.1) is 5.56 Å². The number of nitrogens with one attached hydrogen (secondary N) is 2. The summed E-state index contributed by atoms with van der Waals surface area (Å²) in [6.07, 6.45) is 2.62. The molecule has 15 heavy (non-hydrogen) atoms. The van der Waals surface area contributed by atoms with Crippen LogP contribution in [0.1, 0.15) is 22.5 Å². The monoisotopic (exact) mass is 205 g/mol. The molecule has 2 heterocycles. The fourth-order valence-corrected chi connectivity index (χ4v) is 1.65. The fraction of sp³-hybridized carbons (Fsp3) is 0.455. The van der Waals surface area contributed by atoms with Gasteiger partial charge >= 0.3 is 0 Å². The summed E-state index contributed by atoms with van der Waals surface area (Å²) in [6.45, 7) is 3.75. The molecule has 0 spiro atoms. The van der Waals surface area contributed by atoms with E-state index in [2.05, 4.69) is 15.6 Å². The van der Waals surface area contributed by atoms with E-state index in [4.69, 9.17) is 0 Å². The molecule has 1 aromatic heterocycles. The van der Waals surface area contributed by atoms with Gasteiger partial charge in [0, 0.05) is 24.5 Å². The Balaban J connectivity index is 1.98. The second-order valence-corrected chi connectivity index (χ2v) is 3.85. The Morgan fingerprint density at radius 1 is 1.60 bits per heavy atom.